The predicted octanol–water partition coefficient (Wildman–Crippen LogP) is 12.3. The first-order chi connectivity index (χ1) is 24.5. The van der Waals surface area contributed by atoms with E-state index in [9.17, 15) is 10.5 Å². The van der Waals surface area contributed by atoms with E-state index in [4.69, 9.17) is 0 Å². The van der Waals surface area contributed by atoms with Crippen molar-refractivity contribution in [2.45, 2.75) is 138 Å². The molecule has 0 saturated heterocycles. The van der Waals surface area contributed by atoms with Gasteiger partial charge < -0.3 is 4.90 Å². The Bertz CT molecular complexity index is 1870. The van der Waals surface area contributed by atoms with E-state index in [2.05, 4.69) is 172 Å². The molecular formula is C48H61N5. The van der Waals surface area contributed by atoms with Crippen molar-refractivity contribution in [3.05, 3.63) is 117 Å². The van der Waals surface area contributed by atoms with Crippen LogP contribution in [0.15, 0.2) is 88.1 Å². The van der Waals surface area contributed by atoms with Crippen molar-refractivity contribution in [2.75, 3.05) is 4.90 Å². The fourth-order valence-electron chi connectivity index (χ4n) is 6.55. The smallest absolute Gasteiger partial charge is 0.177 e. The highest BCUT2D eigenvalue weighted by Crippen LogP contribution is 2.34. The van der Waals surface area contributed by atoms with Crippen LogP contribution >= 0.6 is 0 Å². The highest BCUT2D eigenvalue weighted by molar-refractivity contribution is 6.14. The first-order valence-corrected chi connectivity index (χ1v) is 19.0. The van der Waals surface area contributed by atoms with Crippen molar-refractivity contribution in [1.82, 2.24) is 0 Å². The Kier molecular flexibility index (Phi) is 12.2. The van der Waals surface area contributed by atoms with E-state index in [0.717, 1.165) is 42.2 Å². The molecule has 53 heavy (non-hydrogen) atoms. The van der Waals surface area contributed by atoms with Crippen molar-refractivity contribution >= 4 is 23.2 Å². The second-order valence-electron chi connectivity index (χ2n) is 18.8. The number of nitriles is 2. The van der Waals surface area contributed by atoms with Crippen LogP contribution in [-0.4, -0.2) is 11.4 Å². The average Bonchev–Trinajstić information content (AvgIpc) is 3.20. The lowest BCUT2D eigenvalue weighted by molar-refractivity contribution is 0.565. The van der Waals surface area contributed by atoms with E-state index in [1.807, 2.05) is 25.1 Å². The number of allylic oxidation sites excluding steroid dienone is 3. The van der Waals surface area contributed by atoms with E-state index >= 15 is 0 Å². The molecule has 1 atom stereocenters. The van der Waals surface area contributed by atoms with Crippen LogP contribution < -0.4 is 4.90 Å². The van der Waals surface area contributed by atoms with Crippen LogP contribution in [0.25, 0.3) is 6.08 Å². The van der Waals surface area contributed by atoms with Gasteiger partial charge >= 0.3 is 0 Å². The first kappa shape index (κ1) is 41.0. The van der Waals surface area contributed by atoms with Crippen molar-refractivity contribution in [3.63, 3.8) is 0 Å². The van der Waals surface area contributed by atoms with Crippen molar-refractivity contribution in [3.8, 4) is 12.1 Å². The Hall–Kier alpha value is -4.74. The first-order valence-electron chi connectivity index (χ1n) is 19.0. The van der Waals surface area contributed by atoms with Gasteiger partial charge in [0.25, 0.3) is 0 Å². The molecule has 278 valence electrons. The van der Waals surface area contributed by atoms with Gasteiger partial charge in [-0.05, 0) is 92.2 Å². The molecule has 0 aliphatic carbocycles. The summed E-state index contributed by atoms with van der Waals surface area (Å²) in [5, 5.41) is 19.3. The molecular weight excluding hydrogens is 647 g/mol. The van der Waals surface area contributed by atoms with Gasteiger partial charge in [-0.1, -0.05) is 145 Å². The molecule has 3 aromatic rings. The van der Waals surface area contributed by atoms with Gasteiger partial charge in [0.05, 0.1) is 5.71 Å². The van der Waals surface area contributed by atoms with E-state index in [0.29, 0.717) is 0 Å². The molecule has 0 radical (unpaired) electrons. The number of nitrogens with zero attached hydrogens (tertiary/aromatic N) is 5. The highest BCUT2D eigenvalue weighted by atomic mass is 15.1. The van der Waals surface area contributed by atoms with Crippen molar-refractivity contribution in [2.24, 2.45) is 15.9 Å². The molecule has 0 spiro atoms. The highest BCUT2D eigenvalue weighted by Gasteiger charge is 2.25. The predicted molar refractivity (Wildman–Crippen MR) is 226 cm³/mol. The Labute approximate surface area is 320 Å². The van der Waals surface area contributed by atoms with Gasteiger partial charge in [0.2, 0.25) is 0 Å². The number of anilines is 1. The number of hydrogen-bond donors (Lipinski definition) is 0. The van der Waals surface area contributed by atoms with Crippen LogP contribution in [0.5, 0.6) is 0 Å². The third kappa shape index (κ3) is 10.4. The second-order valence-corrected chi connectivity index (χ2v) is 18.8. The summed E-state index contributed by atoms with van der Waals surface area (Å²) >= 11 is 0. The molecule has 0 fully saturated rings. The van der Waals surface area contributed by atoms with E-state index in [-0.39, 0.29) is 39.0 Å². The Morgan fingerprint density at radius 3 is 1.36 bits per heavy atom. The summed E-state index contributed by atoms with van der Waals surface area (Å²) in [6.45, 7) is 33.1. The maximum Gasteiger partial charge on any atom is 0.177 e. The Morgan fingerprint density at radius 2 is 1.00 bits per heavy atom. The number of hydrogen-bond acceptors (Lipinski definition) is 5. The molecule has 0 bridgehead atoms. The molecule has 3 aromatic carbocycles. The van der Waals surface area contributed by atoms with Crippen LogP contribution in [-0.2, 0) is 34.7 Å². The van der Waals surface area contributed by atoms with Gasteiger partial charge in [0, 0.05) is 30.4 Å². The fraction of sp³-hybridized carbons (Fsp3) is 0.458. The number of aliphatic imine (C=N–C) groups is 2. The van der Waals surface area contributed by atoms with E-state index in [1.54, 1.807) is 0 Å². The van der Waals surface area contributed by atoms with Gasteiger partial charge in [0.1, 0.15) is 12.1 Å². The van der Waals surface area contributed by atoms with Crippen LogP contribution in [0, 0.1) is 28.6 Å². The second kappa shape index (κ2) is 15.7. The van der Waals surface area contributed by atoms with Gasteiger partial charge in [-0.15, -0.1) is 0 Å². The summed E-state index contributed by atoms with van der Waals surface area (Å²) in [5.74, 6) is -0.0704. The molecule has 0 saturated carbocycles. The monoisotopic (exact) mass is 707 g/mol. The zero-order chi connectivity index (χ0) is 39.5. The number of rotatable bonds is 8. The molecule has 5 nitrogen and oxygen atoms in total. The molecule has 1 aliphatic heterocycles. The summed E-state index contributed by atoms with van der Waals surface area (Å²) in [5.41, 5.74) is 12.0. The van der Waals surface area contributed by atoms with Crippen molar-refractivity contribution < 1.29 is 0 Å². The lowest BCUT2D eigenvalue weighted by atomic mass is 9.79. The van der Waals surface area contributed by atoms with E-state index < -0.39 is 0 Å². The maximum absolute atomic E-state index is 9.71. The minimum Gasteiger partial charge on any atom is -0.363 e. The lowest BCUT2D eigenvalue weighted by Crippen LogP contribution is -2.25. The normalized spacial score (nSPS) is 15.8. The average molecular weight is 708 g/mol. The summed E-state index contributed by atoms with van der Waals surface area (Å²) in [7, 11) is 0. The topological polar surface area (TPSA) is 75.5 Å². The summed E-state index contributed by atoms with van der Waals surface area (Å²) in [6.07, 6.45) is 4.78. The molecule has 1 unspecified atom stereocenters. The third-order valence-corrected chi connectivity index (χ3v) is 10.1. The molecule has 0 aromatic heterocycles. The van der Waals surface area contributed by atoms with Gasteiger partial charge in [-0.3, -0.25) is 0 Å². The van der Waals surface area contributed by atoms with Gasteiger partial charge in [0.15, 0.2) is 11.4 Å². The van der Waals surface area contributed by atoms with Crippen LogP contribution in [0.2, 0.25) is 0 Å². The largest absolute Gasteiger partial charge is 0.363 e. The zero-order valence-corrected chi connectivity index (χ0v) is 34.9. The summed E-state index contributed by atoms with van der Waals surface area (Å²) in [6, 6.07) is 27.2. The van der Waals surface area contributed by atoms with Gasteiger partial charge in [-0.2, -0.15) is 10.5 Å². The minimum atomic E-state index is -0.0704. The number of benzene rings is 3. The SMILES string of the molecule is CCC1C(C)=NC(C#N)=C(C#N)N=C1/C=C/c1ccc(N(Cc2cc(C(C)(C)C)cc(C(C)(C)C)c2)Cc2cc(C(C)(C)C)cc(C(C)(C)C)c2)cc1. The summed E-state index contributed by atoms with van der Waals surface area (Å²) in [4.78, 5) is 11.5. The zero-order valence-electron chi connectivity index (χ0n) is 34.9. The van der Waals surface area contributed by atoms with E-state index in [1.165, 1.54) is 33.4 Å². The molecule has 1 heterocycles. The molecule has 0 amide bonds. The lowest BCUT2D eigenvalue weighted by Gasteiger charge is -2.31. The third-order valence-electron chi connectivity index (χ3n) is 10.1. The molecule has 0 N–H and O–H groups in total. The molecule has 1 aliphatic rings. The van der Waals surface area contributed by atoms with Crippen LogP contribution in [0.1, 0.15) is 142 Å². The molecule has 4 rings (SSSR count). The summed E-state index contributed by atoms with van der Waals surface area (Å²) < 4.78 is 0. The molecule has 5 heteroatoms. The standard InChI is InChI=1S/C48H61N5/c1-15-41-32(2)51-43(28-49)44(29-50)52-42(41)21-18-33-16-19-40(20-17-33)53(30-34-22-36(45(3,4)5)26-37(23-34)46(6,7)8)31-35-24-38(47(9,10)11)27-39(25-35)48(12,13)14/h16-27,41H,15,30-31H2,1-14H3/b21-18+. The fourth-order valence-corrected chi connectivity index (χ4v) is 6.55. The van der Waals surface area contributed by atoms with Crippen molar-refractivity contribution in [1.29, 1.82) is 10.5 Å². The maximum atomic E-state index is 9.71. The Balaban J connectivity index is 1.81. The van der Waals surface area contributed by atoms with Crippen LogP contribution in [0.4, 0.5) is 5.69 Å². The van der Waals surface area contributed by atoms with Gasteiger partial charge in [-0.25, -0.2) is 9.98 Å². The van der Waals surface area contributed by atoms with Crippen LogP contribution in [0.3, 0.4) is 0 Å². The quantitative estimate of drug-likeness (QED) is 0.234. The Morgan fingerprint density at radius 1 is 0.604 bits per heavy atom. The minimum absolute atomic E-state index is 0.0280.